The number of thioether (sulfide) groups is 1. The van der Waals surface area contributed by atoms with Gasteiger partial charge in [-0.05, 0) is 30.2 Å². The number of rotatable bonds is 4. The highest BCUT2D eigenvalue weighted by atomic mass is 32.2. The van der Waals surface area contributed by atoms with Crippen LogP contribution in [0.15, 0.2) is 29.0 Å². The lowest BCUT2D eigenvalue weighted by atomic mass is 10.3. The van der Waals surface area contributed by atoms with Gasteiger partial charge in [0.2, 0.25) is 0 Å². The highest BCUT2D eigenvalue weighted by molar-refractivity contribution is 7.98. The quantitative estimate of drug-likeness (QED) is 0.690. The number of nitrogens with zero attached hydrogens (tertiary/aromatic N) is 2. The first-order chi connectivity index (χ1) is 8.70. The van der Waals surface area contributed by atoms with Crippen molar-refractivity contribution in [2.45, 2.75) is 18.6 Å². The van der Waals surface area contributed by atoms with Gasteiger partial charge in [-0.1, -0.05) is 11.8 Å². The first-order valence-corrected chi connectivity index (χ1v) is 7.48. The van der Waals surface area contributed by atoms with E-state index in [0.717, 1.165) is 0 Å². The van der Waals surface area contributed by atoms with Crippen molar-refractivity contribution in [3.63, 3.8) is 0 Å². The Morgan fingerprint density at radius 1 is 1.44 bits per heavy atom. The van der Waals surface area contributed by atoms with Gasteiger partial charge in [-0.25, -0.2) is 9.97 Å². The summed E-state index contributed by atoms with van der Waals surface area (Å²) in [6.45, 7) is 2.58. The Labute approximate surface area is 114 Å². The summed E-state index contributed by atoms with van der Waals surface area (Å²) in [6.07, 6.45) is 5.00. The van der Waals surface area contributed by atoms with Crippen molar-refractivity contribution in [2.24, 2.45) is 0 Å². The lowest BCUT2D eigenvalue weighted by Gasteiger charge is -2.04. The zero-order valence-corrected chi connectivity index (χ0v) is 11.8. The molecule has 0 aliphatic carbocycles. The van der Waals surface area contributed by atoms with Crippen LogP contribution in [0, 0.1) is 6.92 Å². The van der Waals surface area contributed by atoms with Crippen LogP contribution in [0.5, 0.6) is 0 Å². The van der Waals surface area contributed by atoms with Gasteiger partial charge < -0.3 is 5.32 Å². The van der Waals surface area contributed by atoms with Crippen LogP contribution in [0.25, 0.3) is 0 Å². The monoisotopic (exact) mass is 279 g/mol. The third kappa shape index (κ3) is 3.08. The van der Waals surface area contributed by atoms with Crippen LogP contribution in [-0.4, -0.2) is 22.1 Å². The standard InChI is InChI=1S/C12H13N3OS2/c1-8-3-4-18-10(8)7-13-11(16)9-5-14-12(17-2)15-6-9/h3-6H,7H2,1-2H3,(H,13,16). The van der Waals surface area contributed by atoms with Crippen molar-refractivity contribution in [1.82, 2.24) is 15.3 Å². The topological polar surface area (TPSA) is 54.9 Å². The first-order valence-electron chi connectivity index (χ1n) is 5.38. The molecule has 4 nitrogen and oxygen atoms in total. The maximum atomic E-state index is 11.9. The van der Waals surface area contributed by atoms with E-state index >= 15 is 0 Å². The van der Waals surface area contributed by atoms with Crippen LogP contribution < -0.4 is 5.32 Å². The van der Waals surface area contributed by atoms with E-state index in [1.807, 2.05) is 24.6 Å². The van der Waals surface area contributed by atoms with Gasteiger partial charge in [-0.3, -0.25) is 4.79 Å². The number of hydrogen-bond acceptors (Lipinski definition) is 5. The van der Waals surface area contributed by atoms with Crippen molar-refractivity contribution in [2.75, 3.05) is 6.26 Å². The number of thiophene rings is 1. The largest absolute Gasteiger partial charge is 0.347 e. The molecule has 0 aliphatic rings. The molecule has 0 aliphatic heterocycles. The average molecular weight is 279 g/mol. The van der Waals surface area contributed by atoms with Crippen LogP contribution in [-0.2, 0) is 6.54 Å². The van der Waals surface area contributed by atoms with Gasteiger partial charge >= 0.3 is 0 Å². The Morgan fingerprint density at radius 3 is 2.72 bits per heavy atom. The minimum absolute atomic E-state index is 0.143. The number of amides is 1. The van der Waals surface area contributed by atoms with Crippen LogP contribution >= 0.6 is 23.1 Å². The van der Waals surface area contributed by atoms with Crippen molar-refractivity contribution < 1.29 is 4.79 Å². The van der Waals surface area contributed by atoms with Crippen molar-refractivity contribution >= 4 is 29.0 Å². The number of hydrogen-bond donors (Lipinski definition) is 1. The molecule has 94 valence electrons. The van der Waals surface area contributed by atoms with Gasteiger partial charge in [0.1, 0.15) is 0 Å². The van der Waals surface area contributed by atoms with E-state index in [4.69, 9.17) is 0 Å². The molecule has 0 radical (unpaired) electrons. The van der Waals surface area contributed by atoms with E-state index in [-0.39, 0.29) is 5.91 Å². The molecule has 0 aromatic carbocycles. The molecule has 1 N–H and O–H groups in total. The fraction of sp³-hybridized carbons (Fsp3) is 0.250. The van der Waals surface area contributed by atoms with Gasteiger partial charge in [0.15, 0.2) is 5.16 Å². The molecule has 0 bridgehead atoms. The van der Waals surface area contributed by atoms with E-state index in [0.29, 0.717) is 17.3 Å². The number of carbonyl (C=O) groups is 1. The lowest BCUT2D eigenvalue weighted by molar-refractivity contribution is 0.0950. The van der Waals surface area contributed by atoms with Crippen molar-refractivity contribution in [1.29, 1.82) is 0 Å². The maximum absolute atomic E-state index is 11.9. The Kier molecular flexibility index (Phi) is 4.33. The van der Waals surface area contributed by atoms with Gasteiger partial charge in [-0.15, -0.1) is 11.3 Å². The Balaban J connectivity index is 1.97. The number of aryl methyl sites for hydroxylation is 1. The molecule has 0 unspecified atom stereocenters. The zero-order valence-electron chi connectivity index (χ0n) is 10.1. The molecule has 0 spiro atoms. The highest BCUT2D eigenvalue weighted by Gasteiger charge is 2.08. The summed E-state index contributed by atoms with van der Waals surface area (Å²) in [4.78, 5) is 21.2. The second-order valence-corrected chi connectivity index (χ2v) is 5.44. The van der Waals surface area contributed by atoms with Crippen LogP contribution in [0.3, 0.4) is 0 Å². The Hall–Kier alpha value is -1.40. The SMILES string of the molecule is CSc1ncc(C(=O)NCc2sccc2C)cn1. The second kappa shape index (κ2) is 5.97. The van der Waals surface area contributed by atoms with E-state index in [2.05, 4.69) is 15.3 Å². The molecule has 1 amide bonds. The molecule has 2 aromatic rings. The summed E-state index contributed by atoms with van der Waals surface area (Å²) in [5.74, 6) is -0.143. The Morgan fingerprint density at radius 2 is 2.17 bits per heavy atom. The molecule has 2 aromatic heterocycles. The summed E-state index contributed by atoms with van der Waals surface area (Å²) in [5, 5.41) is 5.55. The molecule has 0 atom stereocenters. The van der Waals surface area contributed by atoms with Crippen molar-refractivity contribution in [3.8, 4) is 0 Å². The smallest absolute Gasteiger partial charge is 0.254 e. The van der Waals surface area contributed by atoms with Crippen molar-refractivity contribution in [3.05, 3.63) is 39.8 Å². The zero-order chi connectivity index (χ0) is 13.0. The molecule has 0 saturated heterocycles. The fourth-order valence-corrected chi connectivity index (χ4v) is 2.55. The van der Waals surface area contributed by atoms with Gasteiger partial charge in [0.05, 0.1) is 12.1 Å². The predicted molar refractivity (Wildman–Crippen MR) is 74.0 cm³/mol. The second-order valence-electron chi connectivity index (χ2n) is 3.67. The average Bonchev–Trinajstić information content (AvgIpc) is 2.81. The Bertz CT molecular complexity index is 537. The highest BCUT2D eigenvalue weighted by Crippen LogP contribution is 2.15. The van der Waals surface area contributed by atoms with Gasteiger partial charge in [0.25, 0.3) is 5.91 Å². The third-order valence-corrected chi connectivity index (χ3v) is 4.05. The van der Waals surface area contributed by atoms with Crippen LogP contribution in [0.1, 0.15) is 20.8 Å². The third-order valence-electron chi connectivity index (χ3n) is 2.45. The predicted octanol–water partition coefficient (Wildman–Crippen LogP) is 2.50. The van der Waals surface area contributed by atoms with Gasteiger partial charge in [0, 0.05) is 17.3 Å². The first kappa shape index (κ1) is 13.0. The molecule has 6 heteroatoms. The summed E-state index contributed by atoms with van der Waals surface area (Å²) < 4.78 is 0. The minimum atomic E-state index is -0.143. The van der Waals surface area contributed by atoms with E-state index in [1.54, 1.807) is 23.7 Å². The van der Waals surface area contributed by atoms with E-state index in [9.17, 15) is 4.79 Å². The number of carbonyl (C=O) groups excluding carboxylic acids is 1. The minimum Gasteiger partial charge on any atom is -0.347 e. The summed E-state index contributed by atoms with van der Waals surface area (Å²) >= 11 is 3.09. The molecular formula is C12H13N3OS2. The number of nitrogens with one attached hydrogen (secondary N) is 1. The number of aromatic nitrogens is 2. The molecule has 18 heavy (non-hydrogen) atoms. The fourth-order valence-electron chi connectivity index (χ4n) is 1.39. The maximum Gasteiger partial charge on any atom is 0.254 e. The van der Waals surface area contributed by atoms with Crippen LogP contribution in [0.2, 0.25) is 0 Å². The van der Waals surface area contributed by atoms with E-state index < -0.39 is 0 Å². The normalized spacial score (nSPS) is 10.3. The van der Waals surface area contributed by atoms with E-state index in [1.165, 1.54) is 22.2 Å². The molecule has 2 heterocycles. The summed E-state index contributed by atoms with van der Waals surface area (Å²) in [5.41, 5.74) is 1.69. The summed E-state index contributed by atoms with van der Waals surface area (Å²) in [7, 11) is 0. The van der Waals surface area contributed by atoms with Gasteiger partial charge in [-0.2, -0.15) is 0 Å². The molecule has 0 saturated carbocycles. The van der Waals surface area contributed by atoms with Crippen LogP contribution in [0.4, 0.5) is 0 Å². The molecule has 2 rings (SSSR count). The summed E-state index contributed by atoms with van der Waals surface area (Å²) in [6, 6.07) is 2.04. The lowest BCUT2D eigenvalue weighted by Crippen LogP contribution is -2.23. The molecular weight excluding hydrogens is 266 g/mol. The molecule has 0 fully saturated rings.